The molecule has 1 aromatic carbocycles. The number of benzene rings is 1. The largest absolute Gasteiger partial charge is 0.478 e. The highest BCUT2D eigenvalue weighted by atomic mass is 32.2. The number of aromatic carboxylic acids is 1. The molecule has 0 unspecified atom stereocenters. The highest BCUT2D eigenvalue weighted by Crippen LogP contribution is 2.18. The van der Waals surface area contributed by atoms with Crippen molar-refractivity contribution >= 4 is 16.0 Å². The SMILES string of the molecule is CCCc1ccc(C(=O)O)cc1S(N)(=O)=O. The molecule has 6 heteroatoms. The molecule has 0 aliphatic heterocycles. The summed E-state index contributed by atoms with van der Waals surface area (Å²) in [7, 11) is -3.88. The van der Waals surface area contributed by atoms with Crippen LogP contribution in [0.25, 0.3) is 0 Å². The molecular formula is C10H13NO4S. The zero-order valence-electron chi connectivity index (χ0n) is 8.80. The lowest BCUT2D eigenvalue weighted by Crippen LogP contribution is -2.15. The number of sulfonamides is 1. The van der Waals surface area contributed by atoms with E-state index in [1.807, 2.05) is 6.92 Å². The number of aryl methyl sites for hydroxylation is 1. The van der Waals surface area contributed by atoms with Crippen molar-refractivity contribution in [3.63, 3.8) is 0 Å². The second-order valence-corrected chi connectivity index (χ2v) is 4.95. The molecule has 0 saturated carbocycles. The summed E-state index contributed by atoms with van der Waals surface area (Å²) < 4.78 is 22.6. The van der Waals surface area contributed by atoms with E-state index in [0.29, 0.717) is 12.0 Å². The van der Waals surface area contributed by atoms with Crippen LogP contribution in [-0.4, -0.2) is 19.5 Å². The van der Waals surface area contributed by atoms with E-state index >= 15 is 0 Å². The molecule has 1 rings (SSSR count). The Kier molecular flexibility index (Phi) is 3.66. The zero-order chi connectivity index (χ0) is 12.3. The number of carbonyl (C=O) groups is 1. The summed E-state index contributed by atoms with van der Waals surface area (Å²) in [4.78, 5) is 10.6. The normalized spacial score (nSPS) is 11.4. The van der Waals surface area contributed by atoms with Crippen molar-refractivity contribution in [1.29, 1.82) is 0 Å². The standard InChI is InChI=1S/C10H13NO4S/c1-2-3-7-4-5-8(10(12)13)6-9(7)16(11,14)15/h4-6H,2-3H2,1H3,(H,12,13)(H2,11,14,15). The summed E-state index contributed by atoms with van der Waals surface area (Å²) in [6.45, 7) is 1.90. The summed E-state index contributed by atoms with van der Waals surface area (Å²) in [5.41, 5.74) is 0.471. The molecule has 0 saturated heterocycles. The number of rotatable bonds is 4. The van der Waals surface area contributed by atoms with Crippen LogP contribution in [0.15, 0.2) is 23.1 Å². The van der Waals surface area contributed by atoms with Crippen LogP contribution in [0.2, 0.25) is 0 Å². The lowest BCUT2D eigenvalue weighted by atomic mass is 10.1. The van der Waals surface area contributed by atoms with E-state index in [9.17, 15) is 13.2 Å². The van der Waals surface area contributed by atoms with Crippen LogP contribution < -0.4 is 5.14 Å². The quantitative estimate of drug-likeness (QED) is 0.823. The first-order chi connectivity index (χ1) is 7.36. The van der Waals surface area contributed by atoms with Crippen LogP contribution in [-0.2, 0) is 16.4 Å². The summed E-state index contributed by atoms with van der Waals surface area (Å²) >= 11 is 0. The monoisotopic (exact) mass is 243 g/mol. The first-order valence-electron chi connectivity index (χ1n) is 4.75. The Morgan fingerprint density at radius 1 is 1.44 bits per heavy atom. The van der Waals surface area contributed by atoms with E-state index in [2.05, 4.69) is 0 Å². The van der Waals surface area contributed by atoms with Crippen molar-refractivity contribution in [2.75, 3.05) is 0 Å². The predicted molar refractivity (Wildman–Crippen MR) is 58.8 cm³/mol. The Hall–Kier alpha value is -1.40. The van der Waals surface area contributed by atoms with Crippen molar-refractivity contribution in [3.05, 3.63) is 29.3 Å². The van der Waals surface area contributed by atoms with Gasteiger partial charge in [-0.25, -0.2) is 18.4 Å². The lowest BCUT2D eigenvalue weighted by molar-refractivity contribution is 0.0696. The Balaban J connectivity index is 3.39. The molecule has 3 N–H and O–H groups in total. The van der Waals surface area contributed by atoms with Crippen LogP contribution in [0, 0.1) is 0 Å². The zero-order valence-corrected chi connectivity index (χ0v) is 9.62. The minimum atomic E-state index is -3.88. The Morgan fingerprint density at radius 3 is 2.50 bits per heavy atom. The van der Waals surface area contributed by atoms with Gasteiger partial charge in [0.05, 0.1) is 10.5 Å². The highest BCUT2D eigenvalue weighted by Gasteiger charge is 2.16. The molecule has 1 aromatic rings. The van der Waals surface area contributed by atoms with Crippen LogP contribution in [0.1, 0.15) is 29.3 Å². The average Bonchev–Trinajstić information content (AvgIpc) is 2.16. The summed E-state index contributed by atoms with van der Waals surface area (Å²) in [6.07, 6.45) is 1.31. The average molecular weight is 243 g/mol. The Morgan fingerprint density at radius 2 is 2.06 bits per heavy atom. The van der Waals surface area contributed by atoms with Crippen molar-refractivity contribution in [2.24, 2.45) is 5.14 Å². The van der Waals surface area contributed by atoms with E-state index in [0.717, 1.165) is 12.5 Å². The molecule has 0 aromatic heterocycles. The minimum absolute atomic E-state index is 0.0797. The van der Waals surface area contributed by atoms with Gasteiger partial charge in [-0.2, -0.15) is 0 Å². The van der Waals surface area contributed by atoms with Gasteiger partial charge in [0.1, 0.15) is 0 Å². The van der Waals surface area contributed by atoms with E-state index in [1.54, 1.807) is 0 Å². The predicted octanol–water partition coefficient (Wildman–Crippen LogP) is 0.985. The second-order valence-electron chi connectivity index (χ2n) is 3.42. The van der Waals surface area contributed by atoms with Gasteiger partial charge in [0, 0.05) is 0 Å². The third-order valence-corrected chi connectivity index (χ3v) is 3.13. The topological polar surface area (TPSA) is 97.5 Å². The van der Waals surface area contributed by atoms with Gasteiger partial charge in [-0.15, -0.1) is 0 Å². The fraction of sp³-hybridized carbons (Fsp3) is 0.300. The number of primary sulfonamides is 1. The fourth-order valence-corrected chi connectivity index (χ4v) is 2.26. The van der Waals surface area contributed by atoms with Crippen molar-refractivity contribution < 1.29 is 18.3 Å². The maximum absolute atomic E-state index is 11.3. The number of carboxylic acid groups (broad SMARTS) is 1. The van der Waals surface area contributed by atoms with Gasteiger partial charge in [-0.1, -0.05) is 19.4 Å². The van der Waals surface area contributed by atoms with E-state index in [4.69, 9.17) is 10.2 Å². The van der Waals surface area contributed by atoms with Crippen LogP contribution in [0.3, 0.4) is 0 Å². The Labute approximate surface area is 93.9 Å². The number of hydrogen-bond acceptors (Lipinski definition) is 3. The van der Waals surface area contributed by atoms with Crippen molar-refractivity contribution in [2.45, 2.75) is 24.7 Å². The van der Waals surface area contributed by atoms with Gasteiger partial charge < -0.3 is 5.11 Å². The maximum atomic E-state index is 11.3. The molecule has 0 amide bonds. The summed E-state index contributed by atoms with van der Waals surface area (Å²) in [6, 6.07) is 3.97. The van der Waals surface area contributed by atoms with Gasteiger partial charge in [-0.05, 0) is 24.1 Å². The molecule has 0 heterocycles. The molecule has 16 heavy (non-hydrogen) atoms. The van der Waals surface area contributed by atoms with E-state index in [-0.39, 0.29) is 10.5 Å². The molecule has 0 fully saturated rings. The molecule has 0 radical (unpaired) electrons. The molecule has 0 aliphatic carbocycles. The van der Waals surface area contributed by atoms with Crippen LogP contribution in [0.5, 0.6) is 0 Å². The molecule has 0 bridgehead atoms. The molecule has 0 aliphatic rings. The van der Waals surface area contributed by atoms with E-state index < -0.39 is 16.0 Å². The van der Waals surface area contributed by atoms with Gasteiger partial charge in [-0.3, -0.25) is 0 Å². The number of carboxylic acids is 1. The fourth-order valence-electron chi connectivity index (χ4n) is 1.43. The van der Waals surface area contributed by atoms with Crippen LogP contribution in [0.4, 0.5) is 0 Å². The maximum Gasteiger partial charge on any atom is 0.335 e. The molecule has 88 valence electrons. The minimum Gasteiger partial charge on any atom is -0.478 e. The molecule has 0 spiro atoms. The van der Waals surface area contributed by atoms with Gasteiger partial charge >= 0.3 is 5.97 Å². The highest BCUT2D eigenvalue weighted by molar-refractivity contribution is 7.89. The van der Waals surface area contributed by atoms with Crippen molar-refractivity contribution in [3.8, 4) is 0 Å². The van der Waals surface area contributed by atoms with Crippen molar-refractivity contribution in [1.82, 2.24) is 0 Å². The third-order valence-electron chi connectivity index (χ3n) is 2.14. The molecule has 5 nitrogen and oxygen atoms in total. The second kappa shape index (κ2) is 4.63. The number of hydrogen-bond donors (Lipinski definition) is 2. The van der Waals surface area contributed by atoms with Crippen LogP contribution >= 0.6 is 0 Å². The summed E-state index contributed by atoms with van der Waals surface area (Å²) in [5.74, 6) is -1.17. The lowest BCUT2D eigenvalue weighted by Gasteiger charge is -2.07. The third kappa shape index (κ3) is 2.80. The smallest absolute Gasteiger partial charge is 0.335 e. The molecule has 0 atom stereocenters. The van der Waals surface area contributed by atoms with Gasteiger partial charge in [0.25, 0.3) is 0 Å². The first-order valence-corrected chi connectivity index (χ1v) is 6.30. The summed E-state index contributed by atoms with van der Waals surface area (Å²) in [5, 5.41) is 13.8. The number of nitrogens with two attached hydrogens (primary N) is 1. The van der Waals surface area contributed by atoms with Gasteiger partial charge in [0.2, 0.25) is 10.0 Å². The van der Waals surface area contributed by atoms with E-state index in [1.165, 1.54) is 12.1 Å². The van der Waals surface area contributed by atoms with Gasteiger partial charge in [0.15, 0.2) is 0 Å². The first kappa shape index (κ1) is 12.7. The Bertz CT molecular complexity index is 508. The molecular weight excluding hydrogens is 230 g/mol.